The molecule has 0 aliphatic heterocycles. The number of amides is 1. The summed E-state index contributed by atoms with van der Waals surface area (Å²) in [5, 5.41) is 15.7. The molecule has 0 fully saturated rings. The van der Waals surface area contributed by atoms with Crippen LogP contribution < -0.4 is 5.32 Å². The fourth-order valence-electron chi connectivity index (χ4n) is 1.98. The Bertz CT molecular complexity index is 816. The molecule has 0 unspecified atom stereocenters. The molecule has 7 heteroatoms. The molecule has 1 amide bonds. The van der Waals surface area contributed by atoms with Crippen molar-refractivity contribution in [1.82, 2.24) is 9.78 Å². The van der Waals surface area contributed by atoms with Crippen LogP contribution in [0.3, 0.4) is 0 Å². The van der Waals surface area contributed by atoms with E-state index in [4.69, 9.17) is 4.74 Å². The summed E-state index contributed by atoms with van der Waals surface area (Å²) in [4.78, 5) is 24.2. The first-order valence-corrected chi connectivity index (χ1v) is 7.24. The number of benzene rings is 1. The van der Waals surface area contributed by atoms with E-state index in [9.17, 15) is 14.9 Å². The number of rotatable bonds is 5. The van der Waals surface area contributed by atoms with Crippen molar-refractivity contribution in [2.75, 3.05) is 11.9 Å². The van der Waals surface area contributed by atoms with E-state index in [1.807, 2.05) is 12.1 Å². The van der Waals surface area contributed by atoms with Gasteiger partial charge in [-0.15, -0.1) is 0 Å². The summed E-state index contributed by atoms with van der Waals surface area (Å²) in [6.07, 6.45) is 2.77. The lowest BCUT2D eigenvalue weighted by Crippen LogP contribution is -2.18. The number of aromatic nitrogens is 2. The molecular formula is C17H16N4O3. The highest BCUT2D eigenvalue weighted by Crippen LogP contribution is 2.17. The second kappa shape index (κ2) is 7.74. The summed E-state index contributed by atoms with van der Waals surface area (Å²) in [5.41, 5.74) is 0.765. The quantitative estimate of drug-likeness (QED) is 0.516. The minimum atomic E-state index is -0.629. The minimum absolute atomic E-state index is 0.0859. The first-order chi connectivity index (χ1) is 11.6. The molecule has 24 heavy (non-hydrogen) atoms. The summed E-state index contributed by atoms with van der Waals surface area (Å²) in [6.45, 7) is 1.89. The van der Waals surface area contributed by atoms with Crippen molar-refractivity contribution >= 4 is 23.8 Å². The number of hydrogen-bond acceptors (Lipinski definition) is 5. The fourth-order valence-corrected chi connectivity index (χ4v) is 1.98. The molecule has 2 aromatic rings. The Labute approximate surface area is 139 Å². The van der Waals surface area contributed by atoms with Crippen LogP contribution in [0, 0.1) is 11.3 Å². The van der Waals surface area contributed by atoms with Gasteiger partial charge >= 0.3 is 5.97 Å². The summed E-state index contributed by atoms with van der Waals surface area (Å²) in [6, 6.07) is 10.9. The predicted octanol–water partition coefficient (Wildman–Crippen LogP) is 2.14. The second-order valence-electron chi connectivity index (χ2n) is 4.79. The molecule has 0 aliphatic carbocycles. The maximum absolute atomic E-state index is 12.3. The maximum Gasteiger partial charge on any atom is 0.343 e. The second-order valence-corrected chi connectivity index (χ2v) is 4.79. The highest BCUT2D eigenvalue weighted by molar-refractivity contribution is 6.11. The van der Waals surface area contributed by atoms with E-state index in [-0.39, 0.29) is 23.6 Å². The molecule has 0 bridgehead atoms. The molecule has 0 radical (unpaired) electrons. The van der Waals surface area contributed by atoms with Gasteiger partial charge in [0.25, 0.3) is 5.91 Å². The molecule has 0 atom stereocenters. The lowest BCUT2D eigenvalue weighted by Gasteiger charge is -2.07. The Morgan fingerprint density at radius 2 is 2.08 bits per heavy atom. The van der Waals surface area contributed by atoms with Crippen LogP contribution >= 0.6 is 0 Å². The standard InChI is InChI=1S/C17H16N4O3/c1-3-24-17(23)14-11-19-21(2)15(14)20-16(22)13(10-18)9-12-7-5-4-6-8-12/h4-9,11H,3H2,1-2H3,(H,20,22)/b13-9+. The highest BCUT2D eigenvalue weighted by atomic mass is 16.5. The number of anilines is 1. The number of esters is 1. The largest absolute Gasteiger partial charge is 0.462 e. The molecule has 1 N–H and O–H groups in total. The fraction of sp³-hybridized carbons (Fsp3) is 0.176. The third kappa shape index (κ3) is 3.87. The van der Waals surface area contributed by atoms with E-state index in [0.717, 1.165) is 5.56 Å². The number of hydrogen-bond donors (Lipinski definition) is 1. The van der Waals surface area contributed by atoms with Gasteiger partial charge in [0.15, 0.2) is 0 Å². The van der Waals surface area contributed by atoms with Crippen molar-refractivity contribution in [2.24, 2.45) is 7.05 Å². The van der Waals surface area contributed by atoms with Crippen LogP contribution in [0.25, 0.3) is 6.08 Å². The van der Waals surface area contributed by atoms with Crippen LogP contribution in [0.4, 0.5) is 5.82 Å². The van der Waals surface area contributed by atoms with Crippen LogP contribution in [0.1, 0.15) is 22.8 Å². The Morgan fingerprint density at radius 1 is 1.38 bits per heavy atom. The van der Waals surface area contributed by atoms with Gasteiger partial charge in [0.2, 0.25) is 0 Å². The molecule has 1 heterocycles. The lowest BCUT2D eigenvalue weighted by atomic mass is 10.1. The van der Waals surface area contributed by atoms with Crippen molar-refractivity contribution in [3.63, 3.8) is 0 Å². The smallest absolute Gasteiger partial charge is 0.343 e. The molecule has 0 saturated heterocycles. The van der Waals surface area contributed by atoms with E-state index >= 15 is 0 Å². The van der Waals surface area contributed by atoms with E-state index < -0.39 is 11.9 Å². The first-order valence-electron chi connectivity index (χ1n) is 7.24. The molecule has 122 valence electrons. The van der Waals surface area contributed by atoms with Crippen LogP contribution in [-0.4, -0.2) is 28.3 Å². The molecular weight excluding hydrogens is 308 g/mol. The summed E-state index contributed by atoms with van der Waals surface area (Å²) < 4.78 is 6.26. The number of nitrogens with one attached hydrogen (secondary N) is 1. The maximum atomic E-state index is 12.3. The number of nitrogens with zero attached hydrogens (tertiary/aromatic N) is 3. The van der Waals surface area contributed by atoms with Crippen molar-refractivity contribution in [1.29, 1.82) is 5.26 Å². The van der Waals surface area contributed by atoms with E-state index in [1.54, 1.807) is 38.2 Å². The van der Waals surface area contributed by atoms with Gasteiger partial charge in [-0.05, 0) is 18.6 Å². The van der Waals surface area contributed by atoms with E-state index in [2.05, 4.69) is 10.4 Å². The molecule has 2 rings (SSSR count). The molecule has 7 nitrogen and oxygen atoms in total. The molecule has 1 aromatic heterocycles. The summed E-state index contributed by atoms with van der Waals surface area (Å²) in [5.74, 6) is -1.05. The van der Waals surface area contributed by atoms with Crippen molar-refractivity contribution in [3.05, 3.63) is 53.2 Å². The monoisotopic (exact) mass is 324 g/mol. The van der Waals surface area contributed by atoms with Crippen LogP contribution in [0.5, 0.6) is 0 Å². The number of ether oxygens (including phenoxy) is 1. The van der Waals surface area contributed by atoms with E-state index in [1.165, 1.54) is 17.0 Å². The Kier molecular flexibility index (Phi) is 5.47. The Balaban J connectivity index is 2.26. The number of carbonyl (C=O) groups excluding carboxylic acids is 2. The number of aryl methyl sites for hydroxylation is 1. The van der Waals surface area contributed by atoms with E-state index in [0.29, 0.717) is 0 Å². The minimum Gasteiger partial charge on any atom is -0.462 e. The summed E-state index contributed by atoms with van der Waals surface area (Å²) >= 11 is 0. The van der Waals surface area contributed by atoms with Gasteiger partial charge in [0, 0.05) is 7.05 Å². The molecule has 0 aliphatic rings. The number of nitriles is 1. The predicted molar refractivity (Wildman–Crippen MR) is 87.8 cm³/mol. The summed E-state index contributed by atoms with van der Waals surface area (Å²) in [7, 11) is 1.57. The Morgan fingerprint density at radius 3 is 2.71 bits per heavy atom. The number of carbonyl (C=O) groups is 2. The average Bonchev–Trinajstić information content (AvgIpc) is 2.94. The molecule has 0 saturated carbocycles. The zero-order valence-corrected chi connectivity index (χ0v) is 13.3. The van der Waals surface area contributed by atoms with Gasteiger partial charge in [-0.3, -0.25) is 9.48 Å². The van der Waals surface area contributed by atoms with Gasteiger partial charge in [0.05, 0.1) is 12.8 Å². The third-order valence-electron chi connectivity index (χ3n) is 3.14. The lowest BCUT2D eigenvalue weighted by molar-refractivity contribution is -0.112. The van der Waals surface area contributed by atoms with Gasteiger partial charge in [-0.25, -0.2) is 4.79 Å². The van der Waals surface area contributed by atoms with Crippen LogP contribution in [0.15, 0.2) is 42.1 Å². The van der Waals surface area contributed by atoms with Crippen LogP contribution in [-0.2, 0) is 16.6 Å². The zero-order chi connectivity index (χ0) is 17.5. The highest BCUT2D eigenvalue weighted by Gasteiger charge is 2.20. The van der Waals surface area contributed by atoms with Gasteiger partial charge in [-0.1, -0.05) is 30.3 Å². The average molecular weight is 324 g/mol. The first kappa shape index (κ1) is 17.0. The van der Waals surface area contributed by atoms with Crippen molar-refractivity contribution < 1.29 is 14.3 Å². The SMILES string of the molecule is CCOC(=O)c1cnn(C)c1NC(=O)/C(C#N)=C/c1ccccc1. The van der Waals surface area contributed by atoms with Gasteiger partial charge in [0.1, 0.15) is 23.0 Å². The Hall–Kier alpha value is -3.40. The van der Waals surface area contributed by atoms with Gasteiger partial charge in [-0.2, -0.15) is 10.4 Å². The normalized spacial score (nSPS) is 10.8. The van der Waals surface area contributed by atoms with Crippen LogP contribution in [0.2, 0.25) is 0 Å². The van der Waals surface area contributed by atoms with Gasteiger partial charge < -0.3 is 10.1 Å². The third-order valence-corrected chi connectivity index (χ3v) is 3.14. The van der Waals surface area contributed by atoms with Crippen molar-refractivity contribution in [3.8, 4) is 6.07 Å². The van der Waals surface area contributed by atoms with Crippen molar-refractivity contribution in [2.45, 2.75) is 6.92 Å². The molecule has 0 spiro atoms. The zero-order valence-electron chi connectivity index (χ0n) is 13.3. The molecule has 1 aromatic carbocycles. The topological polar surface area (TPSA) is 97.0 Å².